The third kappa shape index (κ3) is 3.05. The monoisotopic (exact) mass is 403 g/mol. The number of H-pyrrole nitrogens is 1. The van der Waals surface area contributed by atoms with Crippen LogP contribution in [0.3, 0.4) is 0 Å². The average molecular weight is 403 g/mol. The molecule has 0 amide bonds. The molecular formula is C25H17N5O. The van der Waals surface area contributed by atoms with E-state index in [-0.39, 0.29) is 5.56 Å². The van der Waals surface area contributed by atoms with Gasteiger partial charge >= 0.3 is 0 Å². The van der Waals surface area contributed by atoms with Crippen LogP contribution in [0.25, 0.3) is 32.9 Å². The molecule has 0 aliphatic carbocycles. The Hall–Kier alpha value is -4.32. The van der Waals surface area contributed by atoms with Crippen LogP contribution in [0.2, 0.25) is 0 Å². The van der Waals surface area contributed by atoms with E-state index < -0.39 is 0 Å². The van der Waals surface area contributed by atoms with Crippen molar-refractivity contribution in [2.24, 2.45) is 4.99 Å². The standard InChI is InChI=1S/C25H17N5O/c31-25-19-7-3-2-6-18(19)24(29-30-25)15-9-11-17(12-10-15)26-23-14-22-21(28-23)13-16-5-1-4-8-20(16)27-22/h1-13H,14H2,(H,26,28)(H,30,31). The van der Waals surface area contributed by atoms with Crippen LogP contribution >= 0.6 is 0 Å². The molecule has 1 aliphatic heterocycles. The molecule has 0 radical (unpaired) electrons. The molecule has 0 saturated heterocycles. The van der Waals surface area contributed by atoms with E-state index in [1.54, 1.807) is 0 Å². The summed E-state index contributed by atoms with van der Waals surface area (Å²) in [4.78, 5) is 21.5. The fourth-order valence-electron chi connectivity index (χ4n) is 4.00. The van der Waals surface area contributed by atoms with E-state index in [1.165, 1.54) is 0 Å². The van der Waals surface area contributed by atoms with Crippen molar-refractivity contribution in [1.82, 2.24) is 15.2 Å². The van der Waals surface area contributed by atoms with Crippen LogP contribution in [0, 0.1) is 0 Å². The predicted molar refractivity (Wildman–Crippen MR) is 124 cm³/mol. The zero-order chi connectivity index (χ0) is 20.8. The van der Waals surface area contributed by atoms with E-state index in [0.29, 0.717) is 11.8 Å². The van der Waals surface area contributed by atoms with Gasteiger partial charge in [0.15, 0.2) is 0 Å². The van der Waals surface area contributed by atoms with Gasteiger partial charge in [0, 0.05) is 22.0 Å². The maximum atomic E-state index is 12.0. The number of nitrogens with zero attached hydrogens (tertiary/aromatic N) is 3. The van der Waals surface area contributed by atoms with E-state index in [0.717, 1.165) is 50.5 Å². The van der Waals surface area contributed by atoms with Crippen LogP contribution in [0.5, 0.6) is 0 Å². The van der Waals surface area contributed by atoms with Crippen LogP contribution in [-0.4, -0.2) is 21.0 Å². The number of hydrogen-bond acceptors (Lipinski definition) is 5. The van der Waals surface area contributed by atoms with Crippen LogP contribution in [0.4, 0.5) is 11.4 Å². The van der Waals surface area contributed by atoms with Gasteiger partial charge in [-0.3, -0.25) is 9.78 Å². The highest BCUT2D eigenvalue weighted by atomic mass is 16.1. The quantitative estimate of drug-likeness (QED) is 0.442. The van der Waals surface area contributed by atoms with Crippen LogP contribution < -0.4 is 10.9 Å². The third-order valence-corrected chi connectivity index (χ3v) is 5.51. The van der Waals surface area contributed by atoms with E-state index in [4.69, 9.17) is 9.98 Å². The number of amidine groups is 1. The predicted octanol–water partition coefficient (Wildman–Crippen LogP) is 4.84. The van der Waals surface area contributed by atoms with Crippen molar-refractivity contribution < 1.29 is 0 Å². The zero-order valence-electron chi connectivity index (χ0n) is 16.5. The molecule has 6 rings (SSSR count). The zero-order valence-corrected chi connectivity index (χ0v) is 16.5. The van der Waals surface area contributed by atoms with E-state index in [1.807, 2.05) is 66.7 Å². The lowest BCUT2D eigenvalue weighted by Crippen LogP contribution is -2.12. The minimum absolute atomic E-state index is 0.183. The molecule has 5 aromatic rings. The van der Waals surface area contributed by atoms with Crippen molar-refractivity contribution in [2.45, 2.75) is 6.42 Å². The summed E-state index contributed by atoms with van der Waals surface area (Å²) in [5.74, 6) is 0.873. The number of aromatic nitrogens is 3. The maximum absolute atomic E-state index is 12.0. The number of aromatic amines is 1. The number of aliphatic imine (C=N–C) groups is 1. The first-order valence-electron chi connectivity index (χ1n) is 10.1. The number of anilines is 1. The summed E-state index contributed by atoms with van der Waals surface area (Å²) in [5.41, 5.74) is 5.34. The van der Waals surface area contributed by atoms with Gasteiger partial charge in [-0.05, 0) is 30.3 Å². The second-order valence-corrected chi connectivity index (χ2v) is 7.53. The minimum atomic E-state index is -0.183. The number of nitrogens with one attached hydrogen (secondary N) is 2. The molecule has 0 fully saturated rings. The topological polar surface area (TPSA) is 83.0 Å². The SMILES string of the molecule is O=c1[nH]nc(-c2ccc(NC3=Nc4cc5ccccc5nc4C3)cc2)c2ccccc12. The number of hydrogen-bond donors (Lipinski definition) is 2. The average Bonchev–Trinajstić information content (AvgIpc) is 3.19. The Bertz CT molecular complexity index is 1550. The smallest absolute Gasteiger partial charge is 0.272 e. The second kappa shape index (κ2) is 6.88. The Morgan fingerprint density at radius 3 is 2.52 bits per heavy atom. The van der Waals surface area contributed by atoms with Crippen LogP contribution in [0.1, 0.15) is 5.69 Å². The summed E-state index contributed by atoms with van der Waals surface area (Å²) in [6.45, 7) is 0. The van der Waals surface area contributed by atoms with Gasteiger partial charge < -0.3 is 5.32 Å². The Labute approximate surface area is 177 Å². The molecule has 0 atom stereocenters. The van der Waals surface area contributed by atoms with E-state index in [9.17, 15) is 4.79 Å². The number of pyridine rings is 1. The van der Waals surface area contributed by atoms with Crippen molar-refractivity contribution >= 4 is 38.9 Å². The molecule has 2 N–H and O–H groups in total. The lowest BCUT2D eigenvalue weighted by Gasteiger charge is -2.08. The van der Waals surface area contributed by atoms with Gasteiger partial charge in [0.1, 0.15) is 5.84 Å². The Morgan fingerprint density at radius 1 is 0.871 bits per heavy atom. The maximum Gasteiger partial charge on any atom is 0.272 e. The number of benzene rings is 3. The first kappa shape index (κ1) is 17.5. The molecule has 3 heterocycles. The lowest BCUT2D eigenvalue weighted by atomic mass is 10.0. The van der Waals surface area contributed by atoms with Gasteiger partial charge in [-0.2, -0.15) is 5.10 Å². The summed E-state index contributed by atoms with van der Waals surface area (Å²) < 4.78 is 0. The van der Waals surface area contributed by atoms with Crippen molar-refractivity contribution in [3.63, 3.8) is 0 Å². The Balaban J connectivity index is 1.28. The molecule has 2 aromatic heterocycles. The highest BCUT2D eigenvalue weighted by molar-refractivity contribution is 6.03. The van der Waals surface area contributed by atoms with Gasteiger partial charge in [-0.25, -0.2) is 10.1 Å². The lowest BCUT2D eigenvalue weighted by molar-refractivity contribution is 1.02. The summed E-state index contributed by atoms with van der Waals surface area (Å²) in [7, 11) is 0. The summed E-state index contributed by atoms with van der Waals surface area (Å²) in [5, 5.41) is 12.8. The molecule has 1 aliphatic rings. The Kier molecular flexibility index (Phi) is 3.89. The third-order valence-electron chi connectivity index (χ3n) is 5.51. The summed E-state index contributed by atoms with van der Waals surface area (Å²) in [6.07, 6.45) is 0.675. The van der Waals surface area contributed by atoms with Crippen LogP contribution in [0.15, 0.2) is 88.6 Å². The second-order valence-electron chi connectivity index (χ2n) is 7.53. The van der Waals surface area contributed by atoms with E-state index in [2.05, 4.69) is 27.6 Å². The number of para-hydroxylation sites is 1. The largest absolute Gasteiger partial charge is 0.343 e. The van der Waals surface area contributed by atoms with Crippen LogP contribution in [-0.2, 0) is 6.42 Å². The van der Waals surface area contributed by atoms with Gasteiger partial charge in [-0.15, -0.1) is 0 Å². The molecule has 148 valence electrons. The highest BCUT2D eigenvalue weighted by Gasteiger charge is 2.17. The normalized spacial score (nSPS) is 12.7. The molecule has 0 unspecified atom stereocenters. The fourth-order valence-corrected chi connectivity index (χ4v) is 4.00. The molecule has 31 heavy (non-hydrogen) atoms. The molecule has 3 aromatic carbocycles. The molecule has 6 heteroatoms. The number of fused-ring (bicyclic) bond motifs is 3. The first-order chi connectivity index (χ1) is 15.2. The van der Waals surface area contributed by atoms with Crippen molar-refractivity contribution in [3.8, 4) is 11.3 Å². The van der Waals surface area contributed by atoms with Crippen molar-refractivity contribution in [2.75, 3.05) is 5.32 Å². The molecular weight excluding hydrogens is 386 g/mol. The molecule has 0 spiro atoms. The summed E-state index contributed by atoms with van der Waals surface area (Å²) in [6, 6.07) is 25.6. The van der Waals surface area contributed by atoms with Gasteiger partial charge in [0.05, 0.1) is 34.4 Å². The number of rotatable bonds is 2. The summed E-state index contributed by atoms with van der Waals surface area (Å²) >= 11 is 0. The van der Waals surface area contributed by atoms with Gasteiger partial charge in [-0.1, -0.05) is 48.5 Å². The highest BCUT2D eigenvalue weighted by Crippen LogP contribution is 2.30. The van der Waals surface area contributed by atoms with Gasteiger partial charge in [0.2, 0.25) is 0 Å². The first-order valence-corrected chi connectivity index (χ1v) is 10.1. The Morgan fingerprint density at radius 2 is 1.65 bits per heavy atom. The van der Waals surface area contributed by atoms with Gasteiger partial charge in [0.25, 0.3) is 5.56 Å². The molecule has 0 saturated carbocycles. The molecule has 0 bridgehead atoms. The van der Waals surface area contributed by atoms with Crippen molar-refractivity contribution in [3.05, 3.63) is 94.9 Å². The fraction of sp³-hybridized carbons (Fsp3) is 0.0400. The van der Waals surface area contributed by atoms with E-state index >= 15 is 0 Å². The van der Waals surface area contributed by atoms with Crippen molar-refractivity contribution in [1.29, 1.82) is 0 Å². The minimum Gasteiger partial charge on any atom is -0.343 e. The molecule has 6 nitrogen and oxygen atoms in total.